The van der Waals surface area contributed by atoms with Gasteiger partial charge in [0, 0.05) is 11.7 Å². The molecule has 0 amide bonds. The highest BCUT2D eigenvalue weighted by atomic mass is 35.5. The van der Waals surface area contributed by atoms with E-state index in [2.05, 4.69) is 4.98 Å². The first-order chi connectivity index (χ1) is 13.6. The van der Waals surface area contributed by atoms with Gasteiger partial charge in [0.25, 0.3) is 0 Å². The fraction of sp³-hybridized carbons (Fsp3) is 0.0455. The highest BCUT2D eigenvalue weighted by Crippen LogP contribution is 2.34. The number of hydrogen-bond donors (Lipinski definition) is 1. The molecule has 0 aliphatic heterocycles. The topological polar surface area (TPSA) is 51.3 Å². The maximum atomic E-state index is 12.3. The van der Waals surface area contributed by atoms with Crippen LogP contribution in [0.1, 0.15) is 15.9 Å². The van der Waals surface area contributed by atoms with Crippen LogP contribution in [0.3, 0.4) is 0 Å². The molecule has 4 rings (SSSR count). The molecular formula is C22H15Cl2NO3. The molecule has 0 atom stereocenters. The molecule has 6 heteroatoms. The van der Waals surface area contributed by atoms with Crippen molar-refractivity contribution in [2.24, 2.45) is 0 Å². The van der Waals surface area contributed by atoms with Gasteiger partial charge >= 0.3 is 5.97 Å². The third-order valence-corrected chi connectivity index (χ3v) is 5.02. The van der Waals surface area contributed by atoms with Gasteiger partial charge in [0.15, 0.2) is 0 Å². The SMILES string of the molecule is O=C(OCc1ccc2[nH]ccc2c1)c1ccc(Oc2cccc(Cl)c2Cl)cc1. The van der Waals surface area contributed by atoms with E-state index in [-0.39, 0.29) is 6.61 Å². The Morgan fingerprint density at radius 3 is 2.61 bits per heavy atom. The van der Waals surface area contributed by atoms with Crippen molar-refractivity contribution in [3.63, 3.8) is 0 Å². The van der Waals surface area contributed by atoms with E-state index in [1.807, 2.05) is 30.5 Å². The van der Waals surface area contributed by atoms with E-state index in [0.29, 0.717) is 27.1 Å². The van der Waals surface area contributed by atoms with Gasteiger partial charge in [-0.1, -0.05) is 35.3 Å². The molecule has 0 radical (unpaired) electrons. The van der Waals surface area contributed by atoms with Crippen molar-refractivity contribution in [1.29, 1.82) is 0 Å². The molecule has 0 saturated heterocycles. The highest BCUT2D eigenvalue weighted by Gasteiger charge is 2.10. The van der Waals surface area contributed by atoms with Crippen LogP contribution in [0.4, 0.5) is 0 Å². The van der Waals surface area contributed by atoms with E-state index in [4.69, 9.17) is 32.7 Å². The van der Waals surface area contributed by atoms with Crippen LogP contribution in [0, 0.1) is 0 Å². The van der Waals surface area contributed by atoms with Crippen molar-refractivity contribution in [2.75, 3.05) is 0 Å². The number of aromatic nitrogens is 1. The number of fused-ring (bicyclic) bond motifs is 1. The first kappa shape index (κ1) is 18.4. The summed E-state index contributed by atoms with van der Waals surface area (Å²) >= 11 is 12.1. The first-order valence-corrected chi connectivity index (χ1v) is 9.31. The Balaban J connectivity index is 1.40. The van der Waals surface area contributed by atoms with Crippen LogP contribution in [0.15, 0.2) is 72.9 Å². The largest absolute Gasteiger partial charge is 0.457 e. The second kappa shape index (κ2) is 7.97. The summed E-state index contributed by atoms with van der Waals surface area (Å²) in [6.45, 7) is 0.205. The number of carbonyl (C=O) groups is 1. The van der Waals surface area contributed by atoms with Gasteiger partial charge in [-0.25, -0.2) is 4.79 Å². The second-order valence-corrected chi connectivity index (χ2v) is 6.94. The Labute approximate surface area is 171 Å². The summed E-state index contributed by atoms with van der Waals surface area (Å²) in [7, 11) is 0. The lowest BCUT2D eigenvalue weighted by Crippen LogP contribution is -2.05. The van der Waals surface area contributed by atoms with Crippen LogP contribution in [-0.4, -0.2) is 11.0 Å². The van der Waals surface area contributed by atoms with E-state index >= 15 is 0 Å². The summed E-state index contributed by atoms with van der Waals surface area (Å²) in [6, 6.07) is 19.7. The molecule has 1 N–H and O–H groups in total. The molecule has 0 saturated carbocycles. The van der Waals surface area contributed by atoms with Crippen molar-refractivity contribution >= 4 is 40.1 Å². The predicted molar refractivity (Wildman–Crippen MR) is 110 cm³/mol. The Bertz CT molecular complexity index is 1140. The lowest BCUT2D eigenvalue weighted by atomic mass is 10.1. The Kier molecular flexibility index (Phi) is 5.24. The van der Waals surface area contributed by atoms with Gasteiger partial charge in [0.1, 0.15) is 23.1 Å². The molecule has 0 spiro atoms. The van der Waals surface area contributed by atoms with Crippen LogP contribution in [0.5, 0.6) is 11.5 Å². The fourth-order valence-electron chi connectivity index (χ4n) is 2.77. The second-order valence-electron chi connectivity index (χ2n) is 6.15. The smallest absolute Gasteiger partial charge is 0.338 e. The standard InChI is InChI=1S/C22H15Cl2NO3/c23-18-2-1-3-20(21(18)24)28-17-7-5-15(6-8-17)22(26)27-13-14-4-9-19-16(12-14)10-11-25-19/h1-12,25H,13H2. The minimum atomic E-state index is -0.401. The van der Waals surface area contributed by atoms with Crippen LogP contribution < -0.4 is 4.74 Å². The summed E-state index contributed by atoms with van der Waals surface area (Å²) in [5.41, 5.74) is 2.41. The maximum Gasteiger partial charge on any atom is 0.338 e. The fourth-order valence-corrected chi connectivity index (χ4v) is 3.10. The summed E-state index contributed by atoms with van der Waals surface area (Å²) in [5.74, 6) is 0.588. The number of hydrogen-bond acceptors (Lipinski definition) is 3. The van der Waals surface area contributed by atoms with Gasteiger partial charge in [-0.15, -0.1) is 0 Å². The number of carbonyl (C=O) groups excluding carboxylic acids is 1. The van der Waals surface area contributed by atoms with Crippen molar-refractivity contribution in [3.05, 3.63) is 94.1 Å². The lowest BCUT2D eigenvalue weighted by Gasteiger charge is -2.09. The van der Waals surface area contributed by atoms with Gasteiger partial charge in [-0.05, 0) is 65.5 Å². The summed E-state index contributed by atoms with van der Waals surface area (Å²) < 4.78 is 11.1. The zero-order valence-corrected chi connectivity index (χ0v) is 16.1. The van der Waals surface area contributed by atoms with Crippen LogP contribution >= 0.6 is 23.2 Å². The van der Waals surface area contributed by atoms with Crippen molar-refractivity contribution in [1.82, 2.24) is 4.98 Å². The molecule has 0 bridgehead atoms. The molecule has 0 aliphatic carbocycles. The molecule has 4 nitrogen and oxygen atoms in total. The Morgan fingerprint density at radius 2 is 1.79 bits per heavy atom. The maximum absolute atomic E-state index is 12.3. The van der Waals surface area contributed by atoms with Crippen molar-refractivity contribution in [3.8, 4) is 11.5 Å². The molecule has 4 aromatic rings. The Hall–Kier alpha value is -2.95. The predicted octanol–water partition coefficient (Wildman–Crippen LogP) is 6.62. The van der Waals surface area contributed by atoms with Gasteiger partial charge in [-0.3, -0.25) is 0 Å². The molecule has 0 fully saturated rings. The van der Waals surface area contributed by atoms with Gasteiger partial charge in [-0.2, -0.15) is 0 Å². The number of benzene rings is 3. The molecular weight excluding hydrogens is 397 g/mol. The molecule has 0 aliphatic rings. The van der Waals surface area contributed by atoms with Crippen LogP contribution in [-0.2, 0) is 11.3 Å². The third kappa shape index (κ3) is 3.98. The van der Waals surface area contributed by atoms with E-state index in [0.717, 1.165) is 16.5 Å². The van der Waals surface area contributed by atoms with Crippen LogP contribution in [0.25, 0.3) is 10.9 Å². The number of halogens is 2. The van der Waals surface area contributed by atoms with Crippen LogP contribution in [0.2, 0.25) is 10.0 Å². The number of aromatic amines is 1. The lowest BCUT2D eigenvalue weighted by molar-refractivity contribution is 0.0473. The zero-order valence-electron chi connectivity index (χ0n) is 14.6. The number of esters is 1. The summed E-state index contributed by atoms with van der Waals surface area (Å²) in [4.78, 5) is 15.4. The molecule has 0 unspecified atom stereocenters. The first-order valence-electron chi connectivity index (χ1n) is 8.55. The molecule has 3 aromatic carbocycles. The number of ether oxygens (including phenoxy) is 2. The number of H-pyrrole nitrogens is 1. The summed E-state index contributed by atoms with van der Waals surface area (Å²) in [6.07, 6.45) is 1.88. The van der Waals surface area contributed by atoms with Gasteiger partial charge in [0.05, 0.1) is 10.6 Å². The van der Waals surface area contributed by atoms with E-state index in [1.165, 1.54) is 0 Å². The minimum absolute atomic E-state index is 0.205. The van der Waals surface area contributed by atoms with E-state index in [9.17, 15) is 4.79 Å². The quantitative estimate of drug-likeness (QED) is 0.375. The third-order valence-electron chi connectivity index (χ3n) is 4.22. The normalized spacial score (nSPS) is 10.8. The highest BCUT2D eigenvalue weighted by molar-refractivity contribution is 6.42. The average Bonchev–Trinajstić information content (AvgIpc) is 3.18. The Morgan fingerprint density at radius 1 is 0.964 bits per heavy atom. The minimum Gasteiger partial charge on any atom is -0.457 e. The monoisotopic (exact) mass is 411 g/mol. The molecule has 28 heavy (non-hydrogen) atoms. The van der Waals surface area contributed by atoms with E-state index < -0.39 is 5.97 Å². The van der Waals surface area contributed by atoms with Crippen molar-refractivity contribution in [2.45, 2.75) is 6.61 Å². The molecule has 1 heterocycles. The van der Waals surface area contributed by atoms with Crippen molar-refractivity contribution < 1.29 is 14.3 Å². The van der Waals surface area contributed by atoms with Gasteiger partial charge in [0.2, 0.25) is 0 Å². The van der Waals surface area contributed by atoms with Gasteiger partial charge < -0.3 is 14.5 Å². The average molecular weight is 412 g/mol. The summed E-state index contributed by atoms with van der Waals surface area (Å²) in [5, 5.41) is 1.83. The molecule has 1 aromatic heterocycles. The zero-order chi connectivity index (χ0) is 19.5. The van der Waals surface area contributed by atoms with E-state index in [1.54, 1.807) is 42.5 Å². The number of rotatable bonds is 5. The number of nitrogens with one attached hydrogen (secondary N) is 1. The molecule has 140 valence electrons.